The van der Waals surface area contributed by atoms with Gasteiger partial charge in [0.05, 0.1) is 12.3 Å². The van der Waals surface area contributed by atoms with Crippen molar-refractivity contribution >= 4 is 15.7 Å². The highest BCUT2D eigenvalue weighted by molar-refractivity contribution is 7.92. The average Bonchev–Trinajstić information content (AvgIpc) is 2.84. The zero-order valence-corrected chi connectivity index (χ0v) is 12.9. The van der Waals surface area contributed by atoms with Crippen molar-refractivity contribution in [2.24, 2.45) is 4.99 Å². The quantitative estimate of drug-likeness (QED) is 0.549. The van der Waals surface area contributed by atoms with Gasteiger partial charge >= 0.3 is 0 Å². The van der Waals surface area contributed by atoms with Gasteiger partial charge in [0, 0.05) is 0 Å². The molecule has 0 N–H and O–H groups in total. The first-order valence-electron chi connectivity index (χ1n) is 7.50. The van der Waals surface area contributed by atoms with Crippen LogP contribution in [0.3, 0.4) is 0 Å². The zero-order valence-electron chi connectivity index (χ0n) is 12.1. The molecule has 0 aromatic heterocycles. The molecule has 0 unspecified atom stereocenters. The number of ether oxygens (including phenoxy) is 1. The summed E-state index contributed by atoms with van der Waals surface area (Å²) in [6.07, 6.45) is 9.34. The van der Waals surface area contributed by atoms with Crippen LogP contribution in [0.15, 0.2) is 4.99 Å². The van der Waals surface area contributed by atoms with Crippen LogP contribution in [-0.4, -0.2) is 39.0 Å². The maximum absolute atomic E-state index is 11.8. The molecule has 0 amide bonds. The van der Waals surface area contributed by atoms with Crippen molar-refractivity contribution < 1.29 is 13.2 Å². The lowest BCUT2D eigenvalue weighted by Gasteiger charge is -2.05. The molecule has 1 heterocycles. The number of unbranched alkanes of at least 4 members (excludes halogenated alkanes) is 7. The predicted octanol–water partition coefficient (Wildman–Crippen LogP) is 2.97. The van der Waals surface area contributed by atoms with Crippen LogP contribution in [0.5, 0.6) is 0 Å². The predicted molar refractivity (Wildman–Crippen MR) is 79.5 cm³/mol. The van der Waals surface area contributed by atoms with Crippen LogP contribution in [0.1, 0.15) is 58.3 Å². The molecule has 0 fully saturated rings. The van der Waals surface area contributed by atoms with Crippen molar-refractivity contribution in [3.63, 3.8) is 0 Å². The Morgan fingerprint density at radius 2 is 1.68 bits per heavy atom. The minimum absolute atomic E-state index is 0.0104. The highest BCUT2D eigenvalue weighted by Gasteiger charge is 2.18. The largest absolute Gasteiger partial charge is 0.478 e. The lowest BCUT2D eigenvalue weighted by atomic mass is 10.1. The van der Waals surface area contributed by atoms with Crippen LogP contribution < -0.4 is 0 Å². The van der Waals surface area contributed by atoms with E-state index in [1.54, 1.807) is 0 Å². The smallest absolute Gasteiger partial charge is 0.198 e. The van der Waals surface area contributed by atoms with E-state index in [-0.39, 0.29) is 11.5 Å². The van der Waals surface area contributed by atoms with Gasteiger partial charge in [0.1, 0.15) is 12.4 Å². The van der Waals surface area contributed by atoms with E-state index in [0.29, 0.717) is 19.0 Å². The molecule has 5 heteroatoms. The van der Waals surface area contributed by atoms with Gasteiger partial charge in [0.15, 0.2) is 15.7 Å². The fourth-order valence-electron chi connectivity index (χ4n) is 2.18. The molecule has 0 spiro atoms. The minimum atomic E-state index is -3.02. The molecule has 0 aliphatic carbocycles. The van der Waals surface area contributed by atoms with Crippen LogP contribution in [-0.2, 0) is 14.6 Å². The average molecular weight is 289 g/mol. The molecule has 0 saturated carbocycles. The Morgan fingerprint density at radius 1 is 1.05 bits per heavy atom. The van der Waals surface area contributed by atoms with Crippen molar-refractivity contribution in [1.82, 2.24) is 0 Å². The van der Waals surface area contributed by atoms with E-state index in [9.17, 15) is 8.42 Å². The molecular weight excluding hydrogens is 262 g/mol. The number of hydrogen-bond acceptors (Lipinski definition) is 4. The third kappa shape index (κ3) is 8.24. The van der Waals surface area contributed by atoms with Gasteiger partial charge < -0.3 is 4.74 Å². The van der Waals surface area contributed by atoms with Gasteiger partial charge in [-0.3, -0.25) is 4.99 Å². The van der Waals surface area contributed by atoms with Gasteiger partial charge in [-0.25, -0.2) is 8.42 Å². The summed E-state index contributed by atoms with van der Waals surface area (Å²) in [5.74, 6) is 0.660. The number of nitrogens with zero attached hydrogens (tertiary/aromatic N) is 1. The molecule has 0 radical (unpaired) electrons. The summed E-state index contributed by atoms with van der Waals surface area (Å²) < 4.78 is 28.7. The van der Waals surface area contributed by atoms with E-state index in [0.717, 1.165) is 19.3 Å². The standard InChI is InChI=1S/C14H27NO3S/c1-2-3-4-5-6-7-8-9-12-19(16,17)13-14-15-10-11-18-14/h2-13H2,1H3. The van der Waals surface area contributed by atoms with Gasteiger partial charge in [-0.15, -0.1) is 0 Å². The fraction of sp³-hybridized carbons (Fsp3) is 0.929. The van der Waals surface area contributed by atoms with Crippen LogP contribution >= 0.6 is 0 Å². The van der Waals surface area contributed by atoms with Crippen LogP contribution in [0.25, 0.3) is 0 Å². The second-order valence-electron chi connectivity index (χ2n) is 5.19. The summed E-state index contributed by atoms with van der Waals surface area (Å²) in [5, 5.41) is 0. The molecule has 0 aromatic rings. The van der Waals surface area contributed by atoms with E-state index >= 15 is 0 Å². The van der Waals surface area contributed by atoms with Crippen molar-refractivity contribution in [1.29, 1.82) is 0 Å². The Labute approximate surface area is 117 Å². The SMILES string of the molecule is CCCCCCCCCCS(=O)(=O)CC1=NCCO1. The first-order chi connectivity index (χ1) is 9.14. The number of sulfone groups is 1. The summed E-state index contributed by atoms with van der Waals surface area (Å²) in [5.41, 5.74) is 0. The summed E-state index contributed by atoms with van der Waals surface area (Å²) >= 11 is 0. The van der Waals surface area contributed by atoms with E-state index < -0.39 is 9.84 Å². The summed E-state index contributed by atoms with van der Waals surface area (Å²) in [6, 6.07) is 0. The molecule has 0 bridgehead atoms. The van der Waals surface area contributed by atoms with Crippen molar-refractivity contribution in [3.05, 3.63) is 0 Å². The first-order valence-corrected chi connectivity index (χ1v) is 9.33. The lowest BCUT2D eigenvalue weighted by Crippen LogP contribution is -2.19. The number of hydrogen-bond donors (Lipinski definition) is 0. The Balaban J connectivity index is 2.01. The maximum atomic E-state index is 11.8. The van der Waals surface area contributed by atoms with Crippen LogP contribution in [0.4, 0.5) is 0 Å². The highest BCUT2D eigenvalue weighted by Crippen LogP contribution is 2.10. The molecule has 0 aromatic carbocycles. The second kappa shape index (κ2) is 9.34. The monoisotopic (exact) mass is 289 g/mol. The summed E-state index contributed by atoms with van der Waals surface area (Å²) in [7, 11) is -3.02. The Hall–Kier alpha value is -0.580. The highest BCUT2D eigenvalue weighted by atomic mass is 32.2. The molecule has 19 heavy (non-hydrogen) atoms. The van der Waals surface area contributed by atoms with E-state index in [4.69, 9.17) is 4.74 Å². The van der Waals surface area contributed by atoms with E-state index in [2.05, 4.69) is 11.9 Å². The van der Waals surface area contributed by atoms with Crippen molar-refractivity contribution in [3.8, 4) is 0 Å². The fourth-order valence-corrected chi connectivity index (χ4v) is 3.52. The second-order valence-corrected chi connectivity index (χ2v) is 7.37. The molecular formula is C14H27NO3S. The molecule has 0 atom stereocenters. The van der Waals surface area contributed by atoms with E-state index in [1.165, 1.54) is 32.1 Å². The molecule has 4 nitrogen and oxygen atoms in total. The van der Waals surface area contributed by atoms with Gasteiger partial charge in [0.2, 0.25) is 0 Å². The van der Waals surface area contributed by atoms with Gasteiger partial charge in [0.25, 0.3) is 0 Å². The van der Waals surface area contributed by atoms with Crippen molar-refractivity contribution in [2.75, 3.05) is 24.7 Å². The summed E-state index contributed by atoms with van der Waals surface area (Å²) in [4.78, 5) is 4.02. The van der Waals surface area contributed by atoms with Crippen LogP contribution in [0.2, 0.25) is 0 Å². The third-order valence-corrected chi connectivity index (χ3v) is 4.90. The number of aliphatic imine (C=N–C) groups is 1. The Morgan fingerprint density at radius 3 is 2.26 bits per heavy atom. The van der Waals surface area contributed by atoms with Gasteiger partial charge in [-0.05, 0) is 6.42 Å². The topological polar surface area (TPSA) is 55.7 Å². The summed E-state index contributed by atoms with van der Waals surface area (Å²) in [6.45, 7) is 3.34. The molecule has 0 saturated heterocycles. The minimum Gasteiger partial charge on any atom is -0.478 e. The molecule has 1 aliphatic rings. The zero-order chi connectivity index (χ0) is 14.0. The third-order valence-electron chi connectivity index (χ3n) is 3.30. The number of rotatable bonds is 11. The first kappa shape index (κ1) is 16.5. The van der Waals surface area contributed by atoms with Gasteiger partial charge in [-0.2, -0.15) is 0 Å². The Kier molecular flexibility index (Phi) is 8.10. The normalized spacial score (nSPS) is 15.3. The Bertz CT molecular complexity index is 363. The van der Waals surface area contributed by atoms with Crippen LogP contribution in [0, 0.1) is 0 Å². The van der Waals surface area contributed by atoms with Crippen molar-refractivity contribution in [2.45, 2.75) is 58.3 Å². The molecule has 1 rings (SSSR count). The van der Waals surface area contributed by atoms with E-state index in [1.807, 2.05) is 0 Å². The molecule has 112 valence electrons. The lowest BCUT2D eigenvalue weighted by molar-refractivity contribution is 0.345. The molecule has 1 aliphatic heterocycles. The maximum Gasteiger partial charge on any atom is 0.198 e. The van der Waals surface area contributed by atoms with Gasteiger partial charge in [-0.1, -0.05) is 51.9 Å².